The highest BCUT2D eigenvalue weighted by Crippen LogP contribution is 2.79. The molecule has 3 N–H and O–H groups in total. The molecule has 1 spiro atoms. The molecule has 2 saturated heterocycles. The number of ether oxygens (including phenoxy) is 1. The Labute approximate surface area is 209 Å². The van der Waals surface area contributed by atoms with Crippen molar-refractivity contribution in [2.24, 2.45) is 56.7 Å². The van der Waals surface area contributed by atoms with Crippen LogP contribution in [0.15, 0.2) is 0 Å². The number of fused-ring (bicyclic) bond motifs is 7. The van der Waals surface area contributed by atoms with Crippen LogP contribution < -0.4 is 0 Å². The quantitative estimate of drug-likeness (QED) is 0.448. The number of rotatable bonds is 0. The van der Waals surface area contributed by atoms with Crippen LogP contribution in [-0.4, -0.2) is 45.1 Å². The number of ketones is 1. The Balaban J connectivity index is 1.43. The Morgan fingerprint density at radius 1 is 0.829 bits per heavy atom. The maximum absolute atomic E-state index is 13.4. The number of hydrogen-bond donors (Lipinski definition) is 3. The van der Waals surface area contributed by atoms with E-state index in [1.165, 1.54) is 0 Å². The second-order valence-corrected chi connectivity index (χ2v) is 14.7. The van der Waals surface area contributed by atoms with Gasteiger partial charge < -0.3 is 20.1 Å². The van der Waals surface area contributed by atoms with E-state index in [0.717, 1.165) is 38.5 Å². The lowest BCUT2D eigenvalue weighted by Gasteiger charge is -2.75. The summed E-state index contributed by atoms with van der Waals surface area (Å²) < 4.78 is 5.52. The molecule has 2 heterocycles. The lowest BCUT2D eigenvalue weighted by atomic mass is 9.29. The van der Waals surface area contributed by atoms with E-state index in [0.29, 0.717) is 18.8 Å². The number of aliphatic hydroxyl groups is 3. The van der Waals surface area contributed by atoms with Crippen molar-refractivity contribution < 1.29 is 29.6 Å². The van der Waals surface area contributed by atoms with Gasteiger partial charge in [-0.1, -0.05) is 41.5 Å². The minimum Gasteiger partial charge on any atom is -0.430 e. The summed E-state index contributed by atoms with van der Waals surface area (Å²) in [5.41, 5.74) is -1.26. The molecule has 2 aliphatic heterocycles. The Bertz CT molecular complexity index is 996. The van der Waals surface area contributed by atoms with Crippen molar-refractivity contribution in [2.75, 3.05) is 0 Å². The number of aliphatic hydroxyl groups excluding tert-OH is 2. The Kier molecular flexibility index (Phi) is 4.67. The van der Waals surface area contributed by atoms with Crippen LogP contribution in [0.5, 0.6) is 0 Å². The normalized spacial score (nSPS) is 63.4. The van der Waals surface area contributed by atoms with Crippen molar-refractivity contribution in [2.45, 2.75) is 111 Å². The molecule has 13 unspecified atom stereocenters. The topological polar surface area (TPSA) is 104 Å². The van der Waals surface area contributed by atoms with Crippen molar-refractivity contribution in [1.82, 2.24) is 0 Å². The number of carbonyl (C=O) groups is 2. The lowest BCUT2D eigenvalue weighted by molar-refractivity contribution is -0.365. The second-order valence-electron chi connectivity index (χ2n) is 14.7. The highest BCUT2D eigenvalue weighted by molar-refractivity contribution is 5.86. The Morgan fingerprint density at radius 2 is 1.43 bits per heavy atom. The summed E-state index contributed by atoms with van der Waals surface area (Å²) in [6.45, 7) is 13.3. The van der Waals surface area contributed by atoms with Gasteiger partial charge in [-0.3, -0.25) is 9.59 Å². The zero-order valence-electron chi connectivity index (χ0n) is 22.3. The van der Waals surface area contributed by atoms with Gasteiger partial charge in [-0.2, -0.15) is 0 Å². The lowest BCUT2D eigenvalue weighted by Crippen LogP contribution is -2.76. The van der Waals surface area contributed by atoms with Crippen LogP contribution in [0, 0.1) is 56.7 Å². The monoisotopic (exact) mass is 488 g/mol. The average molecular weight is 489 g/mol. The molecular weight excluding hydrogens is 444 g/mol. The fourth-order valence-electron chi connectivity index (χ4n) is 11.5. The predicted octanol–water partition coefficient (Wildman–Crippen LogP) is 3.84. The molecule has 6 heteroatoms. The molecule has 5 aliphatic carbocycles. The highest BCUT2D eigenvalue weighted by atomic mass is 16.7. The summed E-state index contributed by atoms with van der Waals surface area (Å²) in [4.78, 5) is 26.2. The fourth-order valence-corrected chi connectivity index (χ4v) is 11.5. The van der Waals surface area contributed by atoms with Crippen LogP contribution in [0.4, 0.5) is 0 Å². The van der Waals surface area contributed by atoms with Crippen molar-refractivity contribution in [3.63, 3.8) is 0 Å². The first-order chi connectivity index (χ1) is 16.1. The standard InChI is InChI=1S/C29H44O6/c1-15-13-18-25(4,22(32)20(15)30)10-12-26(5)17-7-8-28-16(2)21(31)29(34,35-23(28)33)14-19(28)24(17,3)9-11-27(18,26)6/h15-19,21-22,31-32,34H,7-14H2,1-6H3. The third-order valence-electron chi connectivity index (χ3n) is 13.9. The van der Waals surface area contributed by atoms with E-state index in [1.54, 1.807) is 0 Å². The molecule has 0 aromatic rings. The number of carbonyl (C=O) groups excluding carboxylic acids is 2. The minimum atomic E-state index is -1.79. The van der Waals surface area contributed by atoms with Gasteiger partial charge in [0.2, 0.25) is 5.79 Å². The van der Waals surface area contributed by atoms with E-state index in [9.17, 15) is 24.9 Å². The molecule has 2 bridgehead atoms. The first-order valence-corrected chi connectivity index (χ1v) is 14.0. The van der Waals surface area contributed by atoms with Crippen LogP contribution >= 0.6 is 0 Å². The van der Waals surface area contributed by atoms with Crippen molar-refractivity contribution in [3.05, 3.63) is 0 Å². The summed E-state index contributed by atoms with van der Waals surface area (Å²) in [6, 6.07) is 0. The molecule has 196 valence electrons. The Hall–Kier alpha value is -0.980. The first-order valence-electron chi connectivity index (χ1n) is 14.0. The first kappa shape index (κ1) is 24.4. The average Bonchev–Trinajstić information content (AvgIpc) is 2.80. The van der Waals surface area contributed by atoms with Crippen LogP contribution in [0.25, 0.3) is 0 Å². The molecule has 7 fully saturated rings. The molecule has 35 heavy (non-hydrogen) atoms. The maximum Gasteiger partial charge on any atom is 0.315 e. The molecule has 5 saturated carbocycles. The smallest absolute Gasteiger partial charge is 0.315 e. The van der Waals surface area contributed by atoms with Gasteiger partial charge in [0.15, 0.2) is 5.78 Å². The molecule has 7 aliphatic rings. The summed E-state index contributed by atoms with van der Waals surface area (Å²) in [7, 11) is 0. The zero-order chi connectivity index (χ0) is 25.6. The molecule has 0 aromatic heterocycles. The van der Waals surface area contributed by atoms with Crippen LogP contribution in [0.1, 0.15) is 92.9 Å². The summed E-state index contributed by atoms with van der Waals surface area (Å²) in [6.07, 6.45) is 4.56. The van der Waals surface area contributed by atoms with E-state index in [4.69, 9.17) is 4.74 Å². The van der Waals surface area contributed by atoms with E-state index < -0.39 is 23.4 Å². The SMILES string of the molecule is CC1CC2C(C)(CCC3(C)C4CCC56C(=O)OC(O)(CC5C4(C)CCC23C)C(O)C6C)C(O)C1=O. The number of hydrogen-bond acceptors (Lipinski definition) is 6. The van der Waals surface area contributed by atoms with Crippen molar-refractivity contribution in [1.29, 1.82) is 0 Å². The van der Waals surface area contributed by atoms with E-state index in [1.807, 2.05) is 13.8 Å². The molecule has 7 rings (SSSR count). The van der Waals surface area contributed by atoms with Gasteiger partial charge in [0.1, 0.15) is 12.2 Å². The van der Waals surface area contributed by atoms with Gasteiger partial charge in [0.25, 0.3) is 0 Å². The van der Waals surface area contributed by atoms with E-state index in [-0.39, 0.29) is 57.1 Å². The van der Waals surface area contributed by atoms with Gasteiger partial charge in [-0.15, -0.1) is 0 Å². The summed E-state index contributed by atoms with van der Waals surface area (Å²) >= 11 is 0. The highest BCUT2D eigenvalue weighted by Gasteiger charge is 2.78. The molecule has 6 nitrogen and oxygen atoms in total. The fraction of sp³-hybridized carbons (Fsp3) is 0.931. The van der Waals surface area contributed by atoms with E-state index >= 15 is 0 Å². The van der Waals surface area contributed by atoms with Crippen molar-refractivity contribution >= 4 is 11.8 Å². The molecule has 0 amide bonds. The Morgan fingerprint density at radius 3 is 2.09 bits per heavy atom. The van der Waals surface area contributed by atoms with Crippen LogP contribution in [0.3, 0.4) is 0 Å². The molecule has 0 aromatic carbocycles. The third kappa shape index (κ3) is 2.44. The molecule has 0 radical (unpaired) electrons. The summed E-state index contributed by atoms with van der Waals surface area (Å²) in [5, 5.41) is 33.3. The van der Waals surface area contributed by atoms with Gasteiger partial charge >= 0.3 is 5.97 Å². The third-order valence-corrected chi connectivity index (χ3v) is 13.9. The second kappa shape index (κ2) is 6.71. The predicted molar refractivity (Wildman–Crippen MR) is 129 cm³/mol. The number of Topliss-reactive ketones (excluding diaryl/α,β-unsaturated/α-hetero) is 1. The molecule has 13 atom stereocenters. The van der Waals surface area contributed by atoms with Gasteiger partial charge in [-0.05, 0) is 78.9 Å². The molecular formula is C29H44O6. The van der Waals surface area contributed by atoms with Crippen LogP contribution in [-0.2, 0) is 14.3 Å². The van der Waals surface area contributed by atoms with E-state index in [2.05, 4.69) is 27.7 Å². The van der Waals surface area contributed by atoms with Crippen LogP contribution in [0.2, 0.25) is 0 Å². The largest absolute Gasteiger partial charge is 0.430 e. The van der Waals surface area contributed by atoms with Gasteiger partial charge in [-0.25, -0.2) is 0 Å². The zero-order valence-corrected chi connectivity index (χ0v) is 22.3. The maximum atomic E-state index is 13.4. The number of esters is 1. The summed E-state index contributed by atoms with van der Waals surface area (Å²) in [5.74, 6) is -1.92. The minimum absolute atomic E-state index is 0.00809. The van der Waals surface area contributed by atoms with Crippen molar-refractivity contribution in [3.8, 4) is 0 Å². The van der Waals surface area contributed by atoms with Gasteiger partial charge in [0.05, 0.1) is 5.41 Å². The van der Waals surface area contributed by atoms with Gasteiger partial charge in [0, 0.05) is 23.7 Å².